The lowest BCUT2D eigenvalue weighted by Crippen LogP contribution is -2.05. The molecule has 112 valence electrons. The van der Waals surface area contributed by atoms with Crippen LogP contribution < -0.4 is 5.32 Å². The molecule has 3 heterocycles. The van der Waals surface area contributed by atoms with Crippen molar-refractivity contribution in [2.45, 2.75) is 26.2 Å². The lowest BCUT2D eigenvalue weighted by atomic mass is 10.2. The number of nitrogens with one attached hydrogen (secondary N) is 1. The summed E-state index contributed by atoms with van der Waals surface area (Å²) in [6.07, 6.45) is 14.6. The summed E-state index contributed by atoms with van der Waals surface area (Å²) in [4.78, 5) is 9.90. The molecule has 0 spiro atoms. The van der Waals surface area contributed by atoms with E-state index in [2.05, 4.69) is 23.1 Å². The number of terminal acetylenes is 1. The van der Waals surface area contributed by atoms with Crippen molar-refractivity contribution in [3.05, 3.63) is 35.6 Å². The molecular weight excluding hydrogens is 292 g/mol. The third kappa shape index (κ3) is 2.70. The highest BCUT2D eigenvalue weighted by atomic mass is 32.1. The molecule has 22 heavy (non-hydrogen) atoms. The summed E-state index contributed by atoms with van der Waals surface area (Å²) in [5.74, 6) is 3.73. The van der Waals surface area contributed by atoms with Gasteiger partial charge in [-0.15, -0.1) is 17.8 Å². The van der Waals surface area contributed by atoms with Gasteiger partial charge in [0.05, 0.1) is 11.1 Å². The van der Waals surface area contributed by atoms with Crippen LogP contribution in [0, 0.1) is 12.3 Å². The molecule has 4 nitrogen and oxygen atoms in total. The topological polar surface area (TPSA) is 42.2 Å². The van der Waals surface area contributed by atoms with E-state index in [1.165, 1.54) is 12.8 Å². The number of hydrogen-bond donors (Lipinski definition) is 1. The molecule has 0 unspecified atom stereocenters. The van der Waals surface area contributed by atoms with Gasteiger partial charge in [0, 0.05) is 24.5 Å². The molecule has 0 bridgehead atoms. The Balaban J connectivity index is 2.03. The number of nitrogens with zero attached hydrogens (tertiary/aromatic N) is 3. The maximum atomic E-state index is 5.61. The molecule has 0 aliphatic rings. The molecular formula is C17H18N4S. The predicted octanol–water partition coefficient (Wildman–Crippen LogP) is 4.04. The van der Waals surface area contributed by atoms with Crippen LogP contribution in [-0.2, 0) is 0 Å². The quantitative estimate of drug-likeness (QED) is 0.552. The first-order valence-corrected chi connectivity index (χ1v) is 8.33. The van der Waals surface area contributed by atoms with Crippen molar-refractivity contribution in [3.63, 3.8) is 0 Å². The van der Waals surface area contributed by atoms with E-state index in [-0.39, 0.29) is 0 Å². The molecule has 5 heteroatoms. The van der Waals surface area contributed by atoms with Crippen molar-refractivity contribution >= 4 is 22.8 Å². The molecule has 0 atom stereocenters. The molecule has 0 amide bonds. The second-order valence-corrected chi connectivity index (χ2v) is 5.97. The van der Waals surface area contributed by atoms with Gasteiger partial charge in [-0.3, -0.25) is 9.38 Å². The Kier molecular flexibility index (Phi) is 4.40. The van der Waals surface area contributed by atoms with Crippen LogP contribution in [0.2, 0.25) is 0 Å². The molecule has 1 N–H and O–H groups in total. The van der Waals surface area contributed by atoms with Gasteiger partial charge < -0.3 is 5.32 Å². The maximum Gasteiger partial charge on any atom is 0.157 e. The first kappa shape index (κ1) is 14.6. The molecule has 0 aromatic carbocycles. The fourth-order valence-corrected chi connectivity index (χ4v) is 3.27. The minimum atomic E-state index is 0.826. The van der Waals surface area contributed by atoms with Crippen LogP contribution in [0.3, 0.4) is 0 Å². The van der Waals surface area contributed by atoms with Crippen molar-refractivity contribution in [3.8, 4) is 22.9 Å². The summed E-state index contributed by atoms with van der Waals surface area (Å²) in [6, 6.07) is 1.96. The fraction of sp³-hybridized carbons (Fsp3) is 0.294. The number of rotatable bonds is 6. The van der Waals surface area contributed by atoms with Gasteiger partial charge in [-0.05, 0) is 17.9 Å². The molecule has 3 aromatic heterocycles. The molecule has 0 aliphatic heterocycles. The van der Waals surface area contributed by atoms with E-state index in [0.29, 0.717) is 0 Å². The largest absolute Gasteiger partial charge is 0.369 e. The summed E-state index contributed by atoms with van der Waals surface area (Å²) in [5.41, 5.74) is 2.62. The zero-order valence-electron chi connectivity index (χ0n) is 12.5. The number of fused-ring (bicyclic) bond motifs is 1. The minimum absolute atomic E-state index is 0.826. The number of aromatic nitrogens is 3. The van der Waals surface area contributed by atoms with Gasteiger partial charge in [-0.25, -0.2) is 4.98 Å². The summed E-state index contributed by atoms with van der Waals surface area (Å²) in [6.45, 7) is 3.13. The second kappa shape index (κ2) is 6.63. The zero-order valence-corrected chi connectivity index (χ0v) is 13.4. The van der Waals surface area contributed by atoms with Gasteiger partial charge in [0.1, 0.15) is 11.5 Å². The van der Waals surface area contributed by atoms with Gasteiger partial charge in [0.15, 0.2) is 5.65 Å². The van der Waals surface area contributed by atoms with Crippen LogP contribution >= 0.6 is 11.3 Å². The summed E-state index contributed by atoms with van der Waals surface area (Å²) < 4.78 is 2.04. The maximum absolute atomic E-state index is 5.61. The van der Waals surface area contributed by atoms with Crippen LogP contribution in [0.4, 0.5) is 5.82 Å². The highest BCUT2D eigenvalue weighted by Gasteiger charge is 2.17. The van der Waals surface area contributed by atoms with Crippen LogP contribution in [0.15, 0.2) is 30.0 Å². The van der Waals surface area contributed by atoms with E-state index in [1.54, 1.807) is 23.7 Å². The fourth-order valence-electron chi connectivity index (χ4n) is 2.42. The van der Waals surface area contributed by atoms with E-state index < -0.39 is 0 Å². The Morgan fingerprint density at radius 2 is 2.32 bits per heavy atom. The van der Waals surface area contributed by atoms with Crippen LogP contribution in [0.1, 0.15) is 31.7 Å². The average molecular weight is 310 g/mol. The van der Waals surface area contributed by atoms with E-state index in [4.69, 9.17) is 11.4 Å². The van der Waals surface area contributed by atoms with Crippen molar-refractivity contribution in [1.29, 1.82) is 0 Å². The molecule has 0 saturated carbocycles. The SMILES string of the molecule is C#Cc1ccsc1-c1nc2cnccn2c1NCCCCC. The number of imidazole rings is 1. The monoisotopic (exact) mass is 310 g/mol. The number of unbranched alkanes of at least 4 members (excludes halogenated alkanes) is 2. The van der Waals surface area contributed by atoms with Crippen LogP contribution in [-0.4, -0.2) is 20.9 Å². The van der Waals surface area contributed by atoms with Crippen molar-refractivity contribution in [1.82, 2.24) is 14.4 Å². The number of hydrogen-bond acceptors (Lipinski definition) is 4. The lowest BCUT2D eigenvalue weighted by molar-refractivity contribution is 0.742. The molecule has 0 fully saturated rings. The summed E-state index contributed by atoms with van der Waals surface area (Å²) in [5, 5.41) is 5.53. The van der Waals surface area contributed by atoms with Crippen molar-refractivity contribution in [2.75, 3.05) is 11.9 Å². The molecule has 3 rings (SSSR count). The van der Waals surface area contributed by atoms with Gasteiger partial charge in [0.2, 0.25) is 0 Å². The van der Waals surface area contributed by atoms with Crippen LogP contribution in [0.5, 0.6) is 0 Å². The number of anilines is 1. The molecule has 0 radical (unpaired) electrons. The predicted molar refractivity (Wildman–Crippen MR) is 92.2 cm³/mol. The van der Waals surface area contributed by atoms with E-state index in [9.17, 15) is 0 Å². The molecule has 0 aliphatic carbocycles. The highest BCUT2D eigenvalue weighted by Crippen LogP contribution is 2.34. The molecule has 0 saturated heterocycles. The van der Waals surface area contributed by atoms with Crippen LogP contribution in [0.25, 0.3) is 16.2 Å². The Bertz CT molecular complexity index is 810. The third-order valence-corrected chi connectivity index (χ3v) is 4.46. The Hall–Kier alpha value is -2.32. The highest BCUT2D eigenvalue weighted by molar-refractivity contribution is 7.13. The average Bonchev–Trinajstić information content (AvgIpc) is 3.15. The lowest BCUT2D eigenvalue weighted by Gasteiger charge is -2.08. The van der Waals surface area contributed by atoms with Gasteiger partial charge in [0.25, 0.3) is 0 Å². The van der Waals surface area contributed by atoms with Gasteiger partial charge in [-0.1, -0.05) is 25.7 Å². The van der Waals surface area contributed by atoms with Crippen molar-refractivity contribution < 1.29 is 0 Å². The second-order valence-electron chi connectivity index (χ2n) is 5.06. The van der Waals surface area contributed by atoms with Crippen molar-refractivity contribution in [2.24, 2.45) is 0 Å². The zero-order chi connectivity index (χ0) is 15.4. The first-order valence-electron chi connectivity index (χ1n) is 7.45. The van der Waals surface area contributed by atoms with E-state index in [0.717, 1.165) is 40.6 Å². The van der Waals surface area contributed by atoms with E-state index >= 15 is 0 Å². The number of thiophene rings is 1. The summed E-state index contributed by atoms with van der Waals surface area (Å²) in [7, 11) is 0. The third-order valence-electron chi connectivity index (χ3n) is 3.54. The smallest absolute Gasteiger partial charge is 0.157 e. The van der Waals surface area contributed by atoms with E-state index in [1.807, 2.05) is 22.0 Å². The Morgan fingerprint density at radius 1 is 1.41 bits per heavy atom. The standard InChI is InChI=1S/C17H18N4S/c1-3-5-6-8-19-17-15(16-13(4-2)7-11-22-16)20-14-12-18-9-10-21(14)17/h2,7,9-12,19H,3,5-6,8H2,1H3. The van der Waals surface area contributed by atoms with Gasteiger partial charge >= 0.3 is 0 Å². The molecule has 3 aromatic rings. The summed E-state index contributed by atoms with van der Waals surface area (Å²) >= 11 is 1.62. The minimum Gasteiger partial charge on any atom is -0.369 e. The van der Waals surface area contributed by atoms with Gasteiger partial charge in [-0.2, -0.15) is 0 Å². The normalized spacial score (nSPS) is 10.7. The Labute approximate surface area is 134 Å². The Morgan fingerprint density at radius 3 is 3.14 bits per heavy atom. The first-order chi connectivity index (χ1) is 10.8.